The molecule has 2 amide bonds. The molecule has 0 bridgehead atoms. The summed E-state index contributed by atoms with van der Waals surface area (Å²) >= 11 is 0. The molecule has 0 saturated carbocycles. The second-order valence-corrected chi connectivity index (χ2v) is 7.03. The van der Waals surface area contributed by atoms with Crippen LogP contribution in [0.15, 0.2) is 59.6 Å². The van der Waals surface area contributed by atoms with Gasteiger partial charge in [0.15, 0.2) is 5.96 Å². The number of carbonyl (C=O) groups is 2. The summed E-state index contributed by atoms with van der Waals surface area (Å²) < 4.78 is 0. The first-order chi connectivity index (χ1) is 14.2. The first-order valence-corrected chi connectivity index (χ1v) is 10.1. The van der Waals surface area contributed by atoms with Crippen LogP contribution in [0.5, 0.6) is 0 Å². The lowest BCUT2D eigenvalue weighted by Crippen LogP contribution is -2.38. The van der Waals surface area contributed by atoms with Crippen molar-refractivity contribution in [3.63, 3.8) is 0 Å². The van der Waals surface area contributed by atoms with E-state index in [1.165, 1.54) is 10.5 Å². The van der Waals surface area contributed by atoms with E-state index in [1.54, 1.807) is 31.3 Å². The number of nitrogens with one attached hydrogen (secondary N) is 2. The summed E-state index contributed by atoms with van der Waals surface area (Å²) in [4.78, 5) is 30.3. The fourth-order valence-electron chi connectivity index (χ4n) is 3.41. The molecule has 0 aromatic heterocycles. The number of aliphatic imine (C=N–C) groups is 1. The summed E-state index contributed by atoms with van der Waals surface area (Å²) in [6.07, 6.45) is 3.66. The molecule has 1 heterocycles. The monoisotopic (exact) mass is 392 g/mol. The van der Waals surface area contributed by atoms with Crippen LogP contribution in [0.2, 0.25) is 0 Å². The molecule has 1 aliphatic rings. The van der Waals surface area contributed by atoms with Crippen LogP contribution >= 0.6 is 0 Å². The van der Waals surface area contributed by atoms with Crippen molar-refractivity contribution in [2.45, 2.75) is 25.7 Å². The van der Waals surface area contributed by atoms with Crippen molar-refractivity contribution in [2.24, 2.45) is 4.99 Å². The molecule has 0 aliphatic carbocycles. The SMILES string of the molecule is CN=C(NCCCCN1C(=O)c2ccccc2C1=O)NCCCc1ccccc1. The Morgan fingerprint density at radius 1 is 0.828 bits per heavy atom. The maximum absolute atomic E-state index is 12.3. The van der Waals surface area contributed by atoms with Gasteiger partial charge in [-0.25, -0.2) is 0 Å². The third-order valence-electron chi connectivity index (χ3n) is 4.98. The maximum Gasteiger partial charge on any atom is 0.261 e. The Morgan fingerprint density at radius 3 is 2.03 bits per heavy atom. The van der Waals surface area contributed by atoms with Crippen molar-refractivity contribution in [2.75, 3.05) is 26.7 Å². The number of rotatable bonds is 9. The Bertz CT molecular complexity index is 829. The largest absolute Gasteiger partial charge is 0.356 e. The molecule has 2 aromatic rings. The first kappa shape index (κ1) is 20.6. The lowest BCUT2D eigenvalue weighted by atomic mass is 10.1. The van der Waals surface area contributed by atoms with Gasteiger partial charge >= 0.3 is 0 Å². The summed E-state index contributed by atoms with van der Waals surface area (Å²) in [7, 11) is 1.76. The smallest absolute Gasteiger partial charge is 0.261 e. The zero-order valence-electron chi connectivity index (χ0n) is 16.9. The second-order valence-electron chi connectivity index (χ2n) is 7.03. The summed E-state index contributed by atoms with van der Waals surface area (Å²) in [5, 5.41) is 6.60. The van der Waals surface area contributed by atoms with E-state index in [1.807, 2.05) is 6.07 Å². The fourth-order valence-corrected chi connectivity index (χ4v) is 3.41. The van der Waals surface area contributed by atoms with E-state index in [0.29, 0.717) is 17.7 Å². The lowest BCUT2D eigenvalue weighted by molar-refractivity contribution is 0.0652. The van der Waals surface area contributed by atoms with E-state index in [9.17, 15) is 9.59 Å². The maximum atomic E-state index is 12.3. The topological polar surface area (TPSA) is 73.8 Å². The second kappa shape index (κ2) is 10.4. The van der Waals surface area contributed by atoms with Gasteiger partial charge in [0, 0.05) is 26.7 Å². The van der Waals surface area contributed by atoms with E-state index in [2.05, 4.69) is 39.9 Å². The Balaban J connectivity index is 1.31. The Hall–Kier alpha value is -3.15. The molecule has 6 nitrogen and oxygen atoms in total. The number of benzene rings is 2. The molecule has 152 valence electrons. The third-order valence-corrected chi connectivity index (χ3v) is 4.98. The first-order valence-electron chi connectivity index (χ1n) is 10.1. The average molecular weight is 393 g/mol. The minimum Gasteiger partial charge on any atom is -0.356 e. The molecule has 0 saturated heterocycles. The number of nitrogens with zero attached hydrogens (tertiary/aromatic N) is 2. The zero-order valence-corrected chi connectivity index (χ0v) is 16.9. The molecular weight excluding hydrogens is 364 g/mol. The van der Waals surface area contributed by atoms with Crippen LogP contribution in [0.4, 0.5) is 0 Å². The number of amides is 2. The van der Waals surface area contributed by atoms with Crippen LogP contribution in [0.1, 0.15) is 45.5 Å². The van der Waals surface area contributed by atoms with Crippen molar-refractivity contribution in [3.8, 4) is 0 Å². The molecule has 0 unspecified atom stereocenters. The number of carbonyl (C=O) groups excluding carboxylic acids is 2. The fraction of sp³-hybridized carbons (Fsp3) is 0.348. The van der Waals surface area contributed by atoms with Crippen molar-refractivity contribution in [3.05, 3.63) is 71.3 Å². The molecule has 0 atom stereocenters. The third kappa shape index (κ3) is 5.44. The minimum atomic E-state index is -0.186. The van der Waals surface area contributed by atoms with Gasteiger partial charge in [0.25, 0.3) is 11.8 Å². The Morgan fingerprint density at radius 2 is 1.41 bits per heavy atom. The highest BCUT2D eigenvalue weighted by Gasteiger charge is 2.34. The zero-order chi connectivity index (χ0) is 20.5. The van der Waals surface area contributed by atoms with Gasteiger partial charge < -0.3 is 10.6 Å². The number of guanidine groups is 1. The van der Waals surface area contributed by atoms with Crippen LogP contribution < -0.4 is 10.6 Å². The molecule has 6 heteroatoms. The van der Waals surface area contributed by atoms with Gasteiger partial charge in [0.05, 0.1) is 11.1 Å². The molecule has 3 rings (SSSR count). The van der Waals surface area contributed by atoms with E-state index in [-0.39, 0.29) is 11.8 Å². The highest BCUT2D eigenvalue weighted by Crippen LogP contribution is 2.22. The van der Waals surface area contributed by atoms with Crippen molar-refractivity contribution in [1.29, 1.82) is 0 Å². The van der Waals surface area contributed by atoms with Crippen LogP contribution in [0, 0.1) is 0 Å². The van der Waals surface area contributed by atoms with E-state index in [4.69, 9.17) is 0 Å². The molecule has 29 heavy (non-hydrogen) atoms. The van der Waals surface area contributed by atoms with Gasteiger partial charge in [-0.05, 0) is 43.4 Å². The van der Waals surface area contributed by atoms with E-state index < -0.39 is 0 Å². The predicted molar refractivity (Wildman–Crippen MR) is 115 cm³/mol. The number of aryl methyl sites for hydroxylation is 1. The van der Waals surface area contributed by atoms with E-state index in [0.717, 1.165) is 44.7 Å². The highest BCUT2D eigenvalue weighted by molar-refractivity contribution is 6.21. The Labute approximate surface area is 172 Å². The standard InChI is InChI=1S/C23H28N4O2/c1-24-23(26-16-9-12-18-10-3-2-4-11-18)25-15-7-8-17-27-21(28)19-13-5-6-14-20(19)22(27)29/h2-6,10-11,13-14H,7-9,12,15-17H2,1H3,(H2,24,25,26). The molecule has 0 fully saturated rings. The molecule has 1 aliphatic heterocycles. The summed E-state index contributed by atoms with van der Waals surface area (Å²) in [5.74, 6) is 0.405. The van der Waals surface area contributed by atoms with Gasteiger partial charge in [-0.3, -0.25) is 19.5 Å². The van der Waals surface area contributed by atoms with E-state index >= 15 is 0 Å². The number of imide groups is 1. The number of unbranched alkanes of at least 4 members (excludes halogenated alkanes) is 1. The average Bonchev–Trinajstić information content (AvgIpc) is 3.00. The summed E-state index contributed by atoms with van der Waals surface area (Å²) in [6, 6.07) is 17.4. The lowest BCUT2D eigenvalue weighted by Gasteiger charge is -2.15. The highest BCUT2D eigenvalue weighted by atomic mass is 16.2. The molecule has 2 N–H and O–H groups in total. The van der Waals surface area contributed by atoms with Gasteiger partial charge in [-0.2, -0.15) is 0 Å². The molecular formula is C23H28N4O2. The number of hydrogen-bond donors (Lipinski definition) is 2. The normalized spacial score (nSPS) is 13.6. The molecule has 2 aromatic carbocycles. The predicted octanol–water partition coefficient (Wildman–Crippen LogP) is 2.86. The van der Waals surface area contributed by atoms with Gasteiger partial charge in [-0.15, -0.1) is 0 Å². The summed E-state index contributed by atoms with van der Waals surface area (Å²) in [5.41, 5.74) is 2.36. The van der Waals surface area contributed by atoms with Gasteiger partial charge in [0.2, 0.25) is 0 Å². The van der Waals surface area contributed by atoms with Crippen LogP contribution in [0.25, 0.3) is 0 Å². The van der Waals surface area contributed by atoms with Gasteiger partial charge in [0.1, 0.15) is 0 Å². The van der Waals surface area contributed by atoms with Crippen molar-refractivity contribution in [1.82, 2.24) is 15.5 Å². The number of fused-ring (bicyclic) bond motifs is 1. The van der Waals surface area contributed by atoms with Crippen LogP contribution in [-0.2, 0) is 6.42 Å². The quantitative estimate of drug-likeness (QED) is 0.298. The van der Waals surface area contributed by atoms with Crippen LogP contribution in [-0.4, -0.2) is 49.4 Å². The summed E-state index contributed by atoms with van der Waals surface area (Å²) in [6.45, 7) is 2.03. The van der Waals surface area contributed by atoms with Crippen LogP contribution in [0.3, 0.4) is 0 Å². The Kier molecular flexibility index (Phi) is 7.39. The molecule has 0 radical (unpaired) electrons. The van der Waals surface area contributed by atoms with Crippen molar-refractivity contribution < 1.29 is 9.59 Å². The number of hydrogen-bond acceptors (Lipinski definition) is 3. The van der Waals surface area contributed by atoms with Crippen molar-refractivity contribution >= 4 is 17.8 Å². The molecule has 0 spiro atoms. The minimum absolute atomic E-state index is 0.186. The van der Waals surface area contributed by atoms with Gasteiger partial charge in [-0.1, -0.05) is 42.5 Å².